The average molecular weight is 378 g/mol. The highest BCUT2D eigenvalue weighted by Gasteiger charge is 2.49. The quantitative estimate of drug-likeness (QED) is 0.513. The highest BCUT2D eigenvalue weighted by Crippen LogP contribution is 2.58. The standard InChI is InChI=1S/C10H16.C6H3Cl3N2O2/c1-7-4-5-8-6-9(7)10(8,2)3;7-1-3(10)2(8)5(9)11-4(1)6(12)13/h4,8-9H,5-6H2,1-3H3;(H2,10,11)(H,12,13). The van der Waals surface area contributed by atoms with Crippen molar-refractivity contribution in [2.24, 2.45) is 17.3 Å². The number of aromatic carboxylic acids is 1. The highest BCUT2D eigenvalue weighted by atomic mass is 35.5. The van der Waals surface area contributed by atoms with Crippen molar-refractivity contribution in [1.82, 2.24) is 4.98 Å². The van der Waals surface area contributed by atoms with Crippen molar-refractivity contribution in [2.45, 2.75) is 33.6 Å². The van der Waals surface area contributed by atoms with Crippen LogP contribution in [-0.2, 0) is 0 Å². The van der Waals surface area contributed by atoms with E-state index in [1.54, 1.807) is 5.57 Å². The normalized spacial score (nSPS) is 24.0. The Morgan fingerprint density at radius 2 is 1.96 bits per heavy atom. The molecule has 0 aliphatic heterocycles. The van der Waals surface area contributed by atoms with Crippen molar-refractivity contribution < 1.29 is 9.90 Å². The van der Waals surface area contributed by atoms with E-state index in [0.717, 1.165) is 11.8 Å². The number of carboxylic acid groups (broad SMARTS) is 1. The maximum Gasteiger partial charge on any atom is 0.356 e. The number of nitrogens with zero attached hydrogens (tertiary/aromatic N) is 1. The molecule has 1 aromatic heterocycles. The van der Waals surface area contributed by atoms with E-state index in [2.05, 4.69) is 31.8 Å². The van der Waals surface area contributed by atoms with Gasteiger partial charge in [-0.1, -0.05) is 60.3 Å². The van der Waals surface area contributed by atoms with Gasteiger partial charge in [-0.05, 0) is 37.0 Å². The molecule has 3 aliphatic carbocycles. The van der Waals surface area contributed by atoms with Crippen LogP contribution >= 0.6 is 34.8 Å². The first-order chi connectivity index (χ1) is 10.6. The summed E-state index contributed by atoms with van der Waals surface area (Å²) in [5.74, 6) is 0.614. The summed E-state index contributed by atoms with van der Waals surface area (Å²) >= 11 is 16.6. The Balaban J connectivity index is 0.000000172. The van der Waals surface area contributed by atoms with Gasteiger partial charge in [-0.2, -0.15) is 0 Å². The summed E-state index contributed by atoms with van der Waals surface area (Å²) in [7, 11) is 0. The number of hydrogen-bond acceptors (Lipinski definition) is 3. The second-order valence-corrected chi connectivity index (χ2v) is 7.70. The number of pyridine rings is 1. The predicted octanol–water partition coefficient (Wildman–Crippen LogP) is 5.32. The molecule has 0 amide bonds. The molecule has 0 spiro atoms. The highest BCUT2D eigenvalue weighted by molar-refractivity contribution is 6.46. The lowest BCUT2D eigenvalue weighted by Crippen LogP contribution is -2.47. The number of carboxylic acids is 1. The number of nitrogens with two attached hydrogens (primary N) is 1. The number of nitrogen functional groups attached to an aromatic ring is 1. The number of anilines is 1. The summed E-state index contributed by atoms with van der Waals surface area (Å²) < 4.78 is 0. The molecule has 2 atom stereocenters. The first kappa shape index (κ1) is 18.4. The first-order valence-electron chi connectivity index (χ1n) is 7.27. The van der Waals surface area contributed by atoms with Crippen LogP contribution in [0.25, 0.3) is 0 Å². The number of rotatable bonds is 1. The summed E-state index contributed by atoms with van der Waals surface area (Å²) in [4.78, 5) is 14.0. The molecular weight excluding hydrogens is 359 g/mol. The van der Waals surface area contributed by atoms with Crippen LogP contribution in [0.15, 0.2) is 11.6 Å². The van der Waals surface area contributed by atoms with Gasteiger partial charge in [0.25, 0.3) is 0 Å². The molecule has 4 rings (SSSR count). The Morgan fingerprint density at radius 1 is 1.35 bits per heavy atom. The molecule has 2 bridgehead atoms. The summed E-state index contributed by atoms with van der Waals surface area (Å²) in [6.07, 6.45) is 5.24. The molecule has 23 heavy (non-hydrogen) atoms. The topological polar surface area (TPSA) is 76.2 Å². The zero-order valence-corrected chi connectivity index (χ0v) is 15.4. The Bertz CT molecular complexity index is 686. The van der Waals surface area contributed by atoms with Crippen LogP contribution in [0.4, 0.5) is 5.69 Å². The molecule has 1 fully saturated rings. The first-order valence-corrected chi connectivity index (χ1v) is 8.40. The Hall–Kier alpha value is -0.970. The number of fused-ring (bicyclic) bond motifs is 1. The van der Waals surface area contributed by atoms with Gasteiger partial charge in [0.15, 0.2) is 10.8 Å². The number of hydrogen-bond donors (Lipinski definition) is 2. The molecule has 7 heteroatoms. The third-order valence-corrected chi connectivity index (χ3v) is 6.15. The van der Waals surface area contributed by atoms with Crippen LogP contribution in [0.2, 0.25) is 15.2 Å². The van der Waals surface area contributed by atoms with E-state index < -0.39 is 11.7 Å². The molecule has 3 N–H and O–H groups in total. The van der Waals surface area contributed by atoms with Gasteiger partial charge < -0.3 is 10.8 Å². The van der Waals surface area contributed by atoms with Gasteiger partial charge in [0.05, 0.1) is 10.7 Å². The average Bonchev–Trinajstić information content (AvgIpc) is 2.48. The molecule has 2 unspecified atom stereocenters. The van der Waals surface area contributed by atoms with Crippen molar-refractivity contribution in [3.05, 3.63) is 32.5 Å². The summed E-state index contributed by atoms with van der Waals surface area (Å²) in [6, 6.07) is 0. The fraction of sp³-hybridized carbons (Fsp3) is 0.500. The number of carbonyl (C=O) groups is 1. The van der Waals surface area contributed by atoms with Gasteiger partial charge >= 0.3 is 5.97 Å². The lowest BCUT2D eigenvalue weighted by molar-refractivity contribution is -0.00579. The van der Waals surface area contributed by atoms with Crippen LogP contribution in [0, 0.1) is 17.3 Å². The second kappa shape index (κ2) is 6.50. The van der Waals surface area contributed by atoms with E-state index in [1.165, 1.54) is 12.8 Å². The molecule has 3 aliphatic rings. The van der Waals surface area contributed by atoms with E-state index in [-0.39, 0.29) is 20.9 Å². The van der Waals surface area contributed by atoms with Crippen molar-refractivity contribution in [2.75, 3.05) is 5.73 Å². The van der Waals surface area contributed by atoms with Gasteiger partial charge in [-0.15, -0.1) is 0 Å². The molecule has 0 saturated heterocycles. The van der Waals surface area contributed by atoms with Crippen molar-refractivity contribution >= 4 is 46.5 Å². The van der Waals surface area contributed by atoms with E-state index >= 15 is 0 Å². The third-order valence-electron chi connectivity index (χ3n) is 5.02. The van der Waals surface area contributed by atoms with Crippen molar-refractivity contribution in [3.8, 4) is 0 Å². The number of halogens is 3. The Kier molecular flexibility index (Phi) is 5.19. The predicted molar refractivity (Wildman–Crippen MR) is 94.4 cm³/mol. The van der Waals surface area contributed by atoms with Gasteiger partial charge in [0, 0.05) is 0 Å². The lowest BCUT2D eigenvalue weighted by atomic mass is 9.49. The van der Waals surface area contributed by atoms with Crippen LogP contribution in [0.5, 0.6) is 0 Å². The largest absolute Gasteiger partial charge is 0.476 e. The molecular formula is C16H19Cl3N2O2. The zero-order valence-electron chi connectivity index (χ0n) is 13.2. The monoisotopic (exact) mass is 376 g/mol. The zero-order chi connectivity index (χ0) is 17.5. The van der Waals surface area contributed by atoms with Gasteiger partial charge in [0.1, 0.15) is 5.02 Å². The lowest BCUT2D eigenvalue weighted by Gasteiger charge is -2.56. The molecule has 0 aromatic carbocycles. The molecule has 0 radical (unpaired) electrons. The summed E-state index contributed by atoms with van der Waals surface area (Å²) in [5.41, 5.74) is 7.16. The Labute approximate surface area is 150 Å². The minimum Gasteiger partial charge on any atom is -0.476 e. The Morgan fingerprint density at radius 3 is 2.35 bits per heavy atom. The molecule has 4 nitrogen and oxygen atoms in total. The SMILES string of the molecule is CC1=CCC2CC1C2(C)C.Nc1c(Cl)c(Cl)nc(C(=O)O)c1Cl. The van der Waals surface area contributed by atoms with Crippen LogP contribution in [-0.4, -0.2) is 16.1 Å². The van der Waals surface area contributed by atoms with E-state index in [1.807, 2.05) is 0 Å². The van der Waals surface area contributed by atoms with Gasteiger partial charge in [0.2, 0.25) is 0 Å². The second-order valence-electron chi connectivity index (χ2n) is 6.59. The summed E-state index contributed by atoms with van der Waals surface area (Å²) in [6.45, 7) is 7.13. The molecule has 126 valence electrons. The molecule has 1 heterocycles. The van der Waals surface area contributed by atoms with Crippen molar-refractivity contribution in [1.29, 1.82) is 0 Å². The van der Waals surface area contributed by atoms with Crippen LogP contribution in [0.3, 0.4) is 0 Å². The molecule has 1 saturated carbocycles. The van der Waals surface area contributed by atoms with E-state index in [9.17, 15) is 4.79 Å². The van der Waals surface area contributed by atoms with E-state index in [4.69, 9.17) is 45.6 Å². The smallest absolute Gasteiger partial charge is 0.356 e. The maximum absolute atomic E-state index is 10.5. The van der Waals surface area contributed by atoms with E-state index in [0.29, 0.717) is 5.41 Å². The minimum atomic E-state index is -1.31. The van der Waals surface area contributed by atoms with Crippen LogP contribution < -0.4 is 5.73 Å². The fourth-order valence-electron chi connectivity index (χ4n) is 3.33. The van der Waals surface area contributed by atoms with Gasteiger partial charge in [-0.3, -0.25) is 0 Å². The fourth-order valence-corrected chi connectivity index (χ4v) is 3.92. The van der Waals surface area contributed by atoms with Crippen LogP contribution in [0.1, 0.15) is 44.1 Å². The third kappa shape index (κ3) is 3.30. The number of aromatic nitrogens is 1. The number of allylic oxidation sites excluding steroid dienone is 2. The van der Waals surface area contributed by atoms with Gasteiger partial charge in [-0.25, -0.2) is 9.78 Å². The maximum atomic E-state index is 10.5. The summed E-state index contributed by atoms with van der Waals surface area (Å²) in [5, 5.41) is 8.17. The minimum absolute atomic E-state index is 0.0448. The van der Waals surface area contributed by atoms with Crippen molar-refractivity contribution in [3.63, 3.8) is 0 Å². The molecule has 1 aromatic rings.